The second-order valence-corrected chi connectivity index (χ2v) is 5.42. The molecule has 0 N–H and O–H groups in total. The molecule has 118 valence electrons. The highest BCUT2D eigenvalue weighted by molar-refractivity contribution is 7.13. The number of amides is 1. The maximum absolute atomic E-state index is 12.5. The Hall–Kier alpha value is -2.09. The van der Waals surface area contributed by atoms with Crippen LogP contribution in [0.2, 0.25) is 0 Å². The van der Waals surface area contributed by atoms with Gasteiger partial charge in [-0.3, -0.25) is 4.79 Å². The van der Waals surface area contributed by atoms with Crippen LogP contribution in [0, 0.1) is 0 Å². The molecular weight excluding hydrogens is 317 g/mol. The average Bonchev–Trinajstić information content (AvgIpc) is 3.06. The van der Waals surface area contributed by atoms with E-state index in [4.69, 9.17) is 4.42 Å². The summed E-state index contributed by atoms with van der Waals surface area (Å²) in [5.74, 6) is -0.327. The molecular formula is C14H13F3N2O2S. The SMILES string of the molecule is C=CCN(CC(F)(F)F)C(=O)Cc1coc(-c2cccs2)n1. The first-order valence-electron chi connectivity index (χ1n) is 6.33. The molecule has 0 aromatic carbocycles. The van der Waals surface area contributed by atoms with Gasteiger partial charge in [0.2, 0.25) is 11.8 Å². The number of hydrogen-bond donors (Lipinski definition) is 0. The highest BCUT2D eigenvalue weighted by atomic mass is 32.1. The zero-order valence-corrected chi connectivity index (χ0v) is 12.3. The zero-order valence-electron chi connectivity index (χ0n) is 11.5. The minimum atomic E-state index is -4.45. The van der Waals surface area contributed by atoms with E-state index in [1.54, 1.807) is 6.07 Å². The van der Waals surface area contributed by atoms with Crippen LogP contribution in [0.4, 0.5) is 13.2 Å². The van der Waals surface area contributed by atoms with E-state index < -0.39 is 18.6 Å². The molecule has 1 amide bonds. The highest BCUT2D eigenvalue weighted by Gasteiger charge is 2.32. The molecule has 2 aromatic heterocycles. The topological polar surface area (TPSA) is 46.3 Å². The fourth-order valence-electron chi connectivity index (χ4n) is 1.80. The van der Waals surface area contributed by atoms with Crippen molar-refractivity contribution in [2.45, 2.75) is 12.6 Å². The molecule has 0 spiro atoms. The number of rotatable bonds is 6. The number of aromatic nitrogens is 1. The predicted octanol–water partition coefficient (Wildman–Crippen LogP) is 3.52. The molecule has 4 nitrogen and oxygen atoms in total. The van der Waals surface area contributed by atoms with E-state index >= 15 is 0 Å². The minimum absolute atomic E-state index is 0.173. The first kappa shape index (κ1) is 16.3. The van der Waals surface area contributed by atoms with Gasteiger partial charge in [0, 0.05) is 6.54 Å². The quantitative estimate of drug-likeness (QED) is 0.761. The predicted molar refractivity (Wildman–Crippen MR) is 76.4 cm³/mol. The summed E-state index contributed by atoms with van der Waals surface area (Å²) in [5, 5.41) is 1.85. The third-order valence-electron chi connectivity index (χ3n) is 2.69. The van der Waals surface area contributed by atoms with Crippen molar-refractivity contribution in [2.75, 3.05) is 13.1 Å². The maximum Gasteiger partial charge on any atom is 0.406 e. The van der Waals surface area contributed by atoms with Crippen LogP contribution in [-0.4, -0.2) is 35.1 Å². The van der Waals surface area contributed by atoms with Gasteiger partial charge in [0.1, 0.15) is 12.8 Å². The summed E-state index contributed by atoms with van der Waals surface area (Å²) < 4.78 is 42.6. The van der Waals surface area contributed by atoms with Crippen LogP contribution in [0.3, 0.4) is 0 Å². The van der Waals surface area contributed by atoms with Crippen LogP contribution >= 0.6 is 11.3 Å². The van der Waals surface area contributed by atoms with E-state index in [1.165, 1.54) is 23.7 Å². The molecule has 0 bridgehead atoms. The van der Waals surface area contributed by atoms with E-state index in [9.17, 15) is 18.0 Å². The van der Waals surface area contributed by atoms with Crippen LogP contribution in [0.25, 0.3) is 10.8 Å². The molecule has 0 unspecified atom stereocenters. The van der Waals surface area contributed by atoms with E-state index in [0.717, 1.165) is 4.88 Å². The fraction of sp³-hybridized carbons (Fsp3) is 0.286. The smallest absolute Gasteiger partial charge is 0.406 e. The van der Waals surface area contributed by atoms with Gasteiger partial charge in [-0.2, -0.15) is 13.2 Å². The first-order valence-corrected chi connectivity index (χ1v) is 7.20. The Morgan fingerprint density at radius 1 is 1.50 bits per heavy atom. The Kier molecular flexibility index (Phi) is 5.02. The van der Waals surface area contributed by atoms with Crippen molar-refractivity contribution < 1.29 is 22.4 Å². The minimum Gasteiger partial charge on any atom is -0.444 e. The summed E-state index contributed by atoms with van der Waals surface area (Å²) in [6.07, 6.45) is -2.17. The van der Waals surface area contributed by atoms with Gasteiger partial charge in [-0.25, -0.2) is 4.98 Å². The van der Waals surface area contributed by atoms with Gasteiger partial charge in [-0.05, 0) is 11.4 Å². The Morgan fingerprint density at radius 3 is 2.86 bits per heavy atom. The van der Waals surface area contributed by atoms with Crippen LogP contribution in [0.1, 0.15) is 5.69 Å². The lowest BCUT2D eigenvalue weighted by molar-refractivity contribution is -0.159. The number of oxazole rings is 1. The summed E-state index contributed by atoms with van der Waals surface area (Å²) in [5.41, 5.74) is 0.296. The lowest BCUT2D eigenvalue weighted by atomic mass is 10.3. The average molecular weight is 330 g/mol. The molecule has 0 aliphatic rings. The van der Waals surface area contributed by atoms with Crippen molar-refractivity contribution in [1.82, 2.24) is 9.88 Å². The molecule has 2 aromatic rings. The first-order chi connectivity index (χ1) is 10.4. The molecule has 2 heterocycles. The van der Waals surface area contributed by atoms with E-state index in [0.29, 0.717) is 16.5 Å². The summed E-state index contributed by atoms with van der Waals surface area (Å²) in [7, 11) is 0. The van der Waals surface area contributed by atoms with Crippen molar-refractivity contribution in [3.63, 3.8) is 0 Å². The second-order valence-electron chi connectivity index (χ2n) is 4.48. The monoisotopic (exact) mass is 330 g/mol. The zero-order chi connectivity index (χ0) is 16.2. The van der Waals surface area contributed by atoms with Gasteiger partial charge in [0.25, 0.3) is 0 Å². The summed E-state index contributed by atoms with van der Waals surface area (Å²) in [6, 6.07) is 3.62. The van der Waals surface area contributed by atoms with E-state index in [-0.39, 0.29) is 13.0 Å². The van der Waals surface area contributed by atoms with Gasteiger partial charge in [-0.15, -0.1) is 17.9 Å². The number of hydrogen-bond acceptors (Lipinski definition) is 4. The van der Waals surface area contributed by atoms with Crippen molar-refractivity contribution in [3.8, 4) is 10.8 Å². The van der Waals surface area contributed by atoms with Crippen LogP contribution in [-0.2, 0) is 11.2 Å². The molecule has 8 heteroatoms. The Labute approximate surface area is 128 Å². The molecule has 0 saturated heterocycles. The van der Waals surface area contributed by atoms with Crippen molar-refractivity contribution in [3.05, 3.63) is 42.1 Å². The van der Waals surface area contributed by atoms with Crippen LogP contribution < -0.4 is 0 Å². The largest absolute Gasteiger partial charge is 0.444 e. The Bertz CT molecular complexity index is 635. The third-order valence-corrected chi connectivity index (χ3v) is 3.55. The van der Waals surface area contributed by atoms with Crippen LogP contribution in [0.15, 0.2) is 40.8 Å². The van der Waals surface area contributed by atoms with Gasteiger partial charge in [0.15, 0.2) is 0 Å². The van der Waals surface area contributed by atoms with Gasteiger partial charge in [0.05, 0.1) is 17.0 Å². The number of thiophene rings is 1. The van der Waals surface area contributed by atoms with Crippen molar-refractivity contribution in [2.24, 2.45) is 0 Å². The molecule has 0 aliphatic heterocycles. The molecule has 0 saturated carbocycles. The highest BCUT2D eigenvalue weighted by Crippen LogP contribution is 2.24. The standard InChI is InChI=1S/C14H13F3N2O2S/c1-2-5-19(9-14(15,16)17)12(20)7-10-8-21-13(18-10)11-4-3-6-22-11/h2-4,6,8H,1,5,7,9H2. The lowest BCUT2D eigenvalue weighted by Crippen LogP contribution is -2.39. The van der Waals surface area contributed by atoms with Crippen molar-refractivity contribution in [1.29, 1.82) is 0 Å². The Morgan fingerprint density at radius 2 is 2.27 bits per heavy atom. The second kappa shape index (κ2) is 6.78. The van der Waals surface area contributed by atoms with E-state index in [1.807, 2.05) is 11.4 Å². The van der Waals surface area contributed by atoms with Crippen LogP contribution in [0.5, 0.6) is 0 Å². The van der Waals surface area contributed by atoms with Gasteiger partial charge < -0.3 is 9.32 Å². The Balaban J connectivity index is 2.05. The summed E-state index contributed by atoms with van der Waals surface area (Å²) >= 11 is 1.42. The van der Waals surface area contributed by atoms with Gasteiger partial charge in [-0.1, -0.05) is 12.1 Å². The molecule has 0 radical (unpaired) electrons. The number of alkyl halides is 3. The molecule has 22 heavy (non-hydrogen) atoms. The number of nitrogens with zero attached hydrogens (tertiary/aromatic N) is 2. The number of carbonyl (C=O) groups is 1. The number of carbonyl (C=O) groups excluding carboxylic acids is 1. The third kappa shape index (κ3) is 4.45. The summed E-state index contributed by atoms with van der Waals surface area (Å²) in [6.45, 7) is 1.88. The normalized spacial score (nSPS) is 11.4. The molecule has 0 fully saturated rings. The lowest BCUT2D eigenvalue weighted by Gasteiger charge is -2.22. The van der Waals surface area contributed by atoms with E-state index in [2.05, 4.69) is 11.6 Å². The number of halogens is 3. The maximum atomic E-state index is 12.5. The molecule has 0 aliphatic carbocycles. The fourth-order valence-corrected chi connectivity index (χ4v) is 2.45. The molecule has 2 rings (SSSR count). The van der Waals surface area contributed by atoms with Crippen molar-refractivity contribution >= 4 is 17.2 Å². The van der Waals surface area contributed by atoms with Gasteiger partial charge >= 0.3 is 6.18 Å². The molecule has 0 atom stereocenters. The summed E-state index contributed by atoms with van der Waals surface area (Å²) in [4.78, 5) is 17.6.